The third-order valence-electron chi connectivity index (χ3n) is 4.84. The Hall–Kier alpha value is -2.55. The molecule has 0 bridgehead atoms. The zero-order valence-corrected chi connectivity index (χ0v) is 13.1. The van der Waals surface area contributed by atoms with E-state index in [1.165, 1.54) is 16.8 Å². The van der Waals surface area contributed by atoms with Gasteiger partial charge in [-0.15, -0.1) is 0 Å². The molecule has 0 aromatic heterocycles. The first-order valence-electron chi connectivity index (χ1n) is 8.12. The normalized spacial score (nSPS) is 24.5. The largest absolute Gasteiger partial charge is 0.378 e. The third kappa shape index (κ3) is 2.52. The van der Waals surface area contributed by atoms with E-state index in [1.54, 1.807) is 6.92 Å². The molecule has 2 N–H and O–H groups in total. The minimum absolute atomic E-state index is 0.0330. The number of fused-ring (bicyclic) bond motifs is 3. The predicted octanol–water partition coefficient (Wildman–Crippen LogP) is 4.47. The Labute approximate surface area is 136 Å². The van der Waals surface area contributed by atoms with Crippen molar-refractivity contribution in [1.82, 2.24) is 0 Å². The van der Waals surface area contributed by atoms with Gasteiger partial charge in [-0.2, -0.15) is 0 Å². The number of nitrogens with one attached hydrogen (secondary N) is 2. The third-order valence-corrected chi connectivity index (χ3v) is 4.84. The van der Waals surface area contributed by atoms with Crippen molar-refractivity contribution in [2.24, 2.45) is 5.92 Å². The van der Waals surface area contributed by atoms with Crippen LogP contribution in [0, 0.1) is 5.92 Å². The fourth-order valence-electron chi connectivity index (χ4n) is 3.87. The second-order valence-electron chi connectivity index (χ2n) is 6.37. The van der Waals surface area contributed by atoms with Gasteiger partial charge in [-0.1, -0.05) is 42.5 Å². The maximum atomic E-state index is 11.3. The molecular weight excluding hydrogens is 284 g/mol. The van der Waals surface area contributed by atoms with E-state index in [0.29, 0.717) is 17.9 Å². The van der Waals surface area contributed by atoms with Crippen LogP contribution in [0.2, 0.25) is 0 Å². The van der Waals surface area contributed by atoms with Crippen LogP contribution in [0.5, 0.6) is 0 Å². The Kier molecular flexibility index (Phi) is 3.41. The van der Waals surface area contributed by atoms with E-state index in [-0.39, 0.29) is 5.91 Å². The molecule has 1 aliphatic carbocycles. The standard InChI is InChI=1S/C20H20N2O/c1-13(23)21-15-10-11-19-18(12-15)16-8-5-9-17(16)20(22-19)14-6-3-2-4-7-14/h2-8,10-12,16-17,20,22H,9H2,1H3,(H,21,23)/t16-,17+,20+/m1/s1. The van der Waals surface area contributed by atoms with Gasteiger partial charge in [-0.25, -0.2) is 0 Å². The molecule has 0 fully saturated rings. The van der Waals surface area contributed by atoms with Gasteiger partial charge in [-0.05, 0) is 41.7 Å². The first-order chi connectivity index (χ1) is 11.2. The Morgan fingerprint density at radius 3 is 2.78 bits per heavy atom. The van der Waals surface area contributed by atoms with Crippen molar-refractivity contribution in [3.63, 3.8) is 0 Å². The van der Waals surface area contributed by atoms with Crippen LogP contribution in [-0.4, -0.2) is 5.91 Å². The maximum absolute atomic E-state index is 11.3. The van der Waals surface area contributed by atoms with Crippen LogP contribution >= 0.6 is 0 Å². The molecule has 3 nitrogen and oxygen atoms in total. The Morgan fingerprint density at radius 2 is 2.00 bits per heavy atom. The van der Waals surface area contributed by atoms with Crippen LogP contribution in [0.25, 0.3) is 0 Å². The molecule has 2 aromatic carbocycles. The monoisotopic (exact) mass is 304 g/mol. The lowest BCUT2D eigenvalue weighted by Crippen LogP contribution is -2.29. The van der Waals surface area contributed by atoms with Crippen molar-refractivity contribution in [2.45, 2.75) is 25.3 Å². The molecule has 1 amide bonds. The average molecular weight is 304 g/mol. The van der Waals surface area contributed by atoms with Gasteiger partial charge in [0.05, 0.1) is 6.04 Å². The lowest BCUT2D eigenvalue weighted by Gasteiger charge is -2.37. The van der Waals surface area contributed by atoms with Crippen molar-refractivity contribution in [3.8, 4) is 0 Å². The highest BCUT2D eigenvalue weighted by atomic mass is 16.1. The fraction of sp³-hybridized carbons (Fsp3) is 0.250. The molecule has 23 heavy (non-hydrogen) atoms. The molecule has 4 rings (SSSR count). The van der Waals surface area contributed by atoms with E-state index in [1.807, 2.05) is 6.07 Å². The second-order valence-corrected chi connectivity index (χ2v) is 6.37. The average Bonchev–Trinajstić information content (AvgIpc) is 3.04. The molecule has 0 radical (unpaired) electrons. The lowest BCUT2D eigenvalue weighted by atomic mass is 9.77. The summed E-state index contributed by atoms with van der Waals surface area (Å²) in [5.41, 5.74) is 4.65. The summed E-state index contributed by atoms with van der Waals surface area (Å²) in [5, 5.41) is 6.60. The molecule has 2 aliphatic rings. The number of rotatable bonds is 2. The summed E-state index contributed by atoms with van der Waals surface area (Å²) in [6.07, 6.45) is 5.69. The van der Waals surface area contributed by atoms with Crippen molar-refractivity contribution in [3.05, 3.63) is 71.8 Å². The van der Waals surface area contributed by atoms with Gasteiger partial charge in [0.2, 0.25) is 5.91 Å². The predicted molar refractivity (Wildman–Crippen MR) is 93.5 cm³/mol. The minimum Gasteiger partial charge on any atom is -0.378 e. The maximum Gasteiger partial charge on any atom is 0.221 e. The van der Waals surface area contributed by atoms with E-state index in [4.69, 9.17) is 0 Å². The van der Waals surface area contributed by atoms with Crippen molar-refractivity contribution >= 4 is 17.3 Å². The number of allylic oxidation sites excluding steroid dienone is 2. The van der Waals surface area contributed by atoms with Crippen molar-refractivity contribution in [2.75, 3.05) is 10.6 Å². The Bertz CT molecular complexity index is 766. The zero-order chi connectivity index (χ0) is 15.8. The molecular formula is C20H20N2O. The van der Waals surface area contributed by atoms with Gasteiger partial charge in [-0.3, -0.25) is 4.79 Å². The minimum atomic E-state index is -0.0330. The summed E-state index contributed by atoms with van der Waals surface area (Å²) in [4.78, 5) is 11.3. The summed E-state index contributed by atoms with van der Waals surface area (Å²) in [7, 11) is 0. The number of benzene rings is 2. The quantitative estimate of drug-likeness (QED) is 0.804. The number of carbonyl (C=O) groups excluding carboxylic acids is 1. The van der Waals surface area contributed by atoms with Crippen LogP contribution in [0.1, 0.15) is 36.4 Å². The summed E-state index contributed by atoms with van der Waals surface area (Å²) in [6.45, 7) is 1.54. The molecule has 1 aliphatic heterocycles. The number of hydrogen-bond acceptors (Lipinski definition) is 2. The number of amides is 1. The highest BCUT2D eigenvalue weighted by molar-refractivity contribution is 5.89. The van der Waals surface area contributed by atoms with Gasteiger partial charge in [0.1, 0.15) is 0 Å². The Morgan fingerprint density at radius 1 is 1.17 bits per heavy atom. The van der Waals surface area contributed by atoms with Crippen LogP contribution < -0.4 is 10.6 Å². The van der Waals surface area contributed by atoms with Crippen molar-refractivity contribution < 1.29 is 4.79 Å². The molecule has 116 valence electrons. The van der Waals surface area contributed by atoms with Gasteiger partial charge in [0.15, 0.2) is 0 Å². The van der Waals surface area contributed by atoms with Gasteiger partial charge in [0.25, 0.3) is 0 Å². The molecule has 0 saturated carbocycles. The molecule has 2 aromatic rings. The van der Waals surface area contributed by atoms with Gasteiger partial charge < -0.3 is 10.6 Å². The highest BCUT2D eigenvalue weighted by Gasteiger charge is 2.37. The van der Waals surface area contributed by atoms with E-state index >= 15 is 0 Å². The summed E-state index contributed by atoms with van der Waals surface area (Å²) in [6, 6.07) is 17.1. The van der Waals surface area contributed by atoms with E-state index in [2.05, 4.69) is 65.3 Å². The number of carbonyl (C=O) groups is 1. The lowest BCUT2D eigenvalue weighted by molar-refractivity contribution is -0.114. The molecule has 0 unspecified atom stereocenters. The SMILES string of the molecule is CC(=O)Nc1ccc2c(c1)[C@@H]1C=CC[C@@H]1[C@H](c1ccccc1)N2. The van der Waals surface area contributed by atoms with Crippen LogP contribution in [-0.2, 0) is 4.79 Å². The topological polar surface area (TPSA) is 41.1 Å². The zero-order valence-electron chi connectivity index (χ0n) is 13.1. The smallest absolute Gasteiger partial charge is 0.221 e. The van der Waals surface area contributed by atoms with E-state index in [9.17, 15) is 4.79 Å². The summed E-state index contributed by atoms with van der Waals surface area (Å²) < 4.78 is 0. The molecule has 3 heteroatoms. The number of hydrogen-bond donors (Lipinski definition) is 2. The first-order valence-corrected chi connectivity index (χ1v) is 8.12. The van der Waals surface area contributed by atoms with Crippen LogP contribution in [0.4, 0.5) is 11.4 Å². The summed E-state index contributed by atoms with van der Waals surface area (Å²) in [5.74, 6) is 0.900. The second kappa shape index (κ2) is 5.58. The first kappa shape index (κ1) is 14.1. The Balaban J connectivity index is 1.73. The molecule has 0 saturated heterocycles. The van der Waals surface area contributed by atoms with E-state index in [0.717, 1.165) is 12.1 Å². The number of anilines is 2. The molecule has 3 atom stereocenters. The van der Waals surface area contributed by atoms with Gasteiger partial charge >= 0.3 is 0 Å². The van der Waals surface area contributed by atoms with E-state index < -0.39 is 0 Å². The van der Waals surface area contributed by atoms with Crippen LogP contribution in [0.15, 0.2) is 60.7 Å². The van der Waals surface area contributed by atoms with Crippen LogP contribution in [0.3, 0.4) is 0 Å². The fourth-order valence-corrected chi connectivity index (χ4v) is 3.87. The highest BCUT2D eigenvalue weighted by Crippen LogP contribution is 2.50. The van der Waals surface area contributed by atoms with Gasteiger partial charge in [0, 0.05) is 24.2 Å². The molecule has 1 heterocycles. The molecule has 0 spiro atoms. The van der Waals surface area contributed by atoms with Crippen molar-refractivity contribution in [1.29, 1.82) is 0 Å². The summed E-state index contributed by atoms with van der Waals surface area (Å²) >= 11 is 0.